The maximum absolute atomic E-state index is 13.3. The van der Waals surface area contributed by atoms with E-state index in [-0.39, 0.29) is 17.1 Å². The molecule has 0 spiro atoms. The lowest BCUT2D eigenvalue weighted by Gasteiger charge is -2.30. The number of benzene rings is 3. The number of ether oxygens (including phenoxy) is 1. The van der Waals surface area contributed by atoms with Gasteiger partial charge in [0.05, 0.1) is 0 Å². The van der Waals surface area contributed by atoms with Gasteiger partial charge in [-0.15, -0.1) is 0 Å². The lowest BCUT2D eigenvalue weighted by molar-refractivity contribution is -0.113. The third kappa shape index (κ3) is 3.07. The molecule has 0 saturated carbocycles. The zero-order valence-electron chi connectivity index (χ0n) is 15.6. The Kier molecular flexibility index (Phi) is 4.47. The van der Waals surface area contributed by atoms with Crippen LogP contribution in [0.5, 0.6) is 11.5 Å². The van der Waals surface area contributed by atoms with Crippen LogP contribution in [-0.4, -0.2) is 10.9 Å². The van der Waals surface area contributed by atoms with Crippen molar-refractivity contribution >= 4 is 11.5 Å². The first-order valence-electron chi connectivity index (χ1n) is 9.03. The second-order valence-corrected chi connectivity index (χ2v) is 6.94. The summed E-state index contributed by atoms with van der Waals surface area (Å²) in [5, 5.41) is 11.0. The number of halogens is 1. The quantitative estimate of drug-likeness (QED) is 0.456. The van der Waals surface area contributed by atoms with E-state index in [2.05, 4.69) is 0 Å². The largest absolute Gasteiger partial charge is 0.507 e. The van der Waals surface area contributed by atoms with E-state index in [1.54, 1.807) is 0 Å². The monoisotopic (exact) mass is 374 g/mol. The van der Waals surface area contributed by atoms with E-state index in [4.69, 9.17) is 4.74 Å². The summed E-state index contributed by atoms with van der Waals surface area (Å²) in [6.07, 6.45) is 0. The van der Waals surface area contributed by atoms with E-state index in [0.717, 1.165) is 16.7 Å². The van der Waals surface area contributed by atoms with Crippen LogP contribution in [0, 0.1) is 12.7 Å². The molecule has 3 aromatic rings. The minimum Gasteiger partial charge on any atom is -0.507 e. The fraction of sp³-hybridized carbons (Fsp3) is 0.125. The van der Waals surface area contributed by atoms with Gasteiger partial charge >= 0.3 is 0 Å². The molecule has 28 heavy (non-hydrogen) atoms. The number of Topliss-reactive ketones (excluding diaryl/α,β-unsaturated/α-hetero) is 1. The highest BCUT2D eigenvalue weighted by atomic mass is 19.1. The molecule has 1 aliphatic rings. The molecule has 4 heteroatoms. The van der Waals surface area contributed by atoms with Crippen LogP contribution in [-0.2, 0) is 4.79 Å². The van der Waals surface area contributed by atoms with Crippen LogP contribution in [0.25, 0.3) is 5.76 Å². The highest BCUT2D eigenvalue weighted by Crippen LogP contribution is 2.48. The summed E-state index contributed by atoms with van der Waals surface area (Å²) in [4.78, 5) is 12.7. The maximum atomic E-state index is 13.3. The van der Waals surface area contributed by atoms with E-state index in [0.29, 0.717) is 17.1 Å². The molecule has 0 bridgehead atoms. The van der Waals surface area contributed by atoms with Crippen molar-refractivity contribution in [2.75, 3.05) is 0 Å². The van der Waals surface area contributed by atoms with E-state index in [1.165, 1.54) is 31.2 Å². The molecule has 140 valence electrons. The van der Waals surface area contributed by atoms with Crippen LogP contribution < -0.4 is 4.74 Å². The molecule has 0 amide bonds. The van der Waals surface area contributed by atoms with Crippen LogP contribution in [0.15, 0.2) is 72.3 Å². The molecule has 0 unspecified atom stereocenters. The predicted molar refractivity (Wildman–Crippen MR) is 106 cm³/mol. The molecule has 3 nitrogen and oxygen atoms in total. The SMILES string of the molecule is CC(=O)C(=C(O)c1ccc(F)cc1)[C@@H]1c2ccccc2Oc2ccc(C)cc21. The molecule has 1 aliphatic heterocycles. The highest BCUT2D eigenvalue weighted by Gasteiger charge is 2.34. The summed E-state index contributed by atoms with van der Waals surface area (Å²) >= 11 is 0. The van der Waals surface area contributed by atoms with Crippen molar-refractivity contribution in [2.45, 2.75) is 19.8 Å². The topological polar surface area (TPSA) is 46.5 Å². The van der Waals surface area contributed by atoms with E-state index < -0.39 is 11.7 Å². The van der Waals surface area contributed by atoms with Crippen LogP contribution in [0.1, 0.15) is 35.1 Å². The molecule has 0 saturated heterocycles. The van der Waals surface area contributed by atoms with E-state index >= 15 is 0 Å². The Morgan fingerprint density at radius 2 is 1.64 bits per heavy atom. The van der Waals surface area contributed by atoms with Crippen molar-refractivity contribution in [1.82, 2.24) is 0 Å². The molecular formula is C24H19FO3. The number of fused-ring (bicyclic) bond motifs is 2. The first-order chi connectivity index (χ1) is 13.5. The van der Waals surface area contributed by atoms with Crippen LogP contribution in [0.2, 0.25) is 0 Å². The number of aryl methyl sites for hydroxylation is 1. The van der Waals surface area contributed by atoms with Gasteiger partial charge < -0.3 is 9.84 Å². The third-order valence-corrected chi connectivity index (χ3v) is 4.97. The lowest BCUT2D eigenvalue weighted by atomic mass is 9.79. The molecule has 0 fully saturated rings. The second-order valence-electron chi connectivity index (χ2n) is 6.94. The van der Waals surface area contributed by atoms with E-state index in [1.807, 2.05) is 49.4 Å². The molecule has 0 aliphatic carbocycles. The van der Waals surface area contributed by atoms with Gasteiger partial charge in [0.15, 0.2) is 5.78 Å². The number of carbonyl (C=O) groups excluding carboxylic acids is 1. The van der Waals surface area contributed by atoms with Gasteiger partial charge in [-0.3, -0.25) is 4.79 Å². The average Bonchev–Trinajstić information content (AvgIpc) is 2.68. The number of aliphatic hydroxyl groups is 1. The van der Waals surface area contributed by atoms with E-state index in [9.17, 15) is 14.3 Å². The molecule has 1 heterocycles. The Morgan fingerprint density at radius 1 is 0.964 bits per heavy atom. The van der Waals surface area contributed by atoms with Crippen LogP contribution in [0.4, 0.5) is 4.39 Å². The number of hydrogen-bond acceptors (Lipinski definition) is 3. The van der Waals surface area contributed by atoms with Gasteiger partial charge in [0.1, 0.15) is 23.1 Å². The van der Waals surface area contributed by atoms with Crippen molar-refractivity contribution < 1.29 is 19.0 Å². The summed E-state index contributed by atoms with van der Waals surface area (Å²) in [6.45, 7) is 3.40. The lowest BCUT2D eigenvalue weighted by Crippen LogP contribution is -2.18. The van der Waals surface area contributed by atoms with Gasteiger partial charge in [-0.1, -0.05) is 35.9 Å². The first kappa shape index (κ1) is 18.0. The zero-order chi connectivity index (χ0) is 19.8. The molecular weight excluding hydrogens is 355 g/mol. The molecule has 3 aromatic carbocycles. The van der Waals surface area contributed by atoms with Crippen molar-refractivity contribution in [3.8, 4) is 11.5 Å². The Morgan fingerprint density at radius 3 is 2.36 bits per heavy atom. The number of rotatable bonds is 3. The fourth-order valence-electron chi connectivity index (χ4n) is 3.67. The Bertz CT molecular complexity index is 1100. The second kappa shape index (κ2) is 6.97. The number of aliphatic hydroxyl groups excluding tert-OH is 1. The van der Waals surface area contributed by atoms with Gasteiger partial charge in [0.2, 0.25) is 0 Å². The number of carbonyl (C=O) groups is 1. The van der Waals surface area contributed by atoms with Crippen molar-refractivity contribution in [2.24, 2.45) is 0 Å². The van der Waals surface area contributed by atoms with Crippen molar-refractivity contribution in [3.05, 3.63) is 100 Å². The third-order valence-electron chi connectivity index (χ3n) is 4.97. The van der Waals surface area contributed by atoms with Gasteiger partial charge in [0.25, 0.3) is 0 Å². The standard InChI is InChI=1S/C24H19FO3/c1-14-7-12-21-19(13-14)23(18-5-3-4-6-20(18)28-21)22(15(2)26)24(27)16-8-10-17(25)11-9-16/h3-13,23,27H,1-2H3/t23-/m1/s1. The summed E-state index contributed by atoms with van der Waals surface area (Å²) in [5.41, 5.74) is 3.30. The number of ketones is 1. The van der Waals surface area contributed by atoms with Crippen molar-refractivity contribution in [1.29, 1.82) is 0 Å². The molecule has 1 atom stereocenters. The number of allylic oxidation sites excluding steroid dienone is 1. The Hall–Kier alpha value is -3.40. The Balaban J connectivity index is 1.99. The molecule has 1 N–H and O–H groups in total. The Labute approximate surface area is 162 Å². The van der Waals surface area contributed by atoms with Gasteiger partial charge in [0, 0.05) is 28.2 Å². The van der Waals surface area contributed by atoms with Crippen LogP contribution in [0.3, 0.4) is 0 Å². The molecule has 0 radical (unpaired) electrons. The minimum atomic E-state index is -0.484. The fourth-order valence-corrected chi connectivity index (χ4v) is 3.67. The minimum absolute atomic E-state index is 0.151. The predicted octanol–water partition coefficient (Wildman–Crippen LogP) is 5.93. The number of hydrogen-bond donors (Lipinski definition) is 1. The summed E-state index contributed by atoms with van der Waals surface area (Å²) in [7, 11) is 0. The molecule has 4 rings (SSSR count). The smallest absolute Gasteiger partial charge is 0.160 e. The summed E-state index contributed by atoms with van der Waals surface area (Å²) in [5.74, 6) is 0.00724. The zero-order valence-corrected chi connectivity index (χ0v) is 15.6. The maximum Gasteiger partial charge on any atom is 0.160 e. The van der Waals surface area contributed by atoms with Gasteiger partial charge in [-0.25, -0.2) is 4.39 Å². The van der Waals surface area contributed by atoms with Gasteiger partial charge in [-0.2, -0.15) is 0 Å². The normalized spacial score (nSPS) is 15.8. The summed E-state index contributed by atoms with van der Waals surface area (Å²) in [6, 6.07) is 18.7. The summed E-state index contributed by atoms with van der Waals surface area (Å²) < 4.78 is 19.4. The highest BCUT2D eigenvalue weighted by molar-refractivity contribution is 6.02. The van der Waals surface area contributed by atoms with Gasteiger partial charge in [-0.05, 0) is 50.2 Å². The van der Waals surface area contributed by atoms with Crippen molar-refractivity contribution in [3.63, 3.8) is 0 Å². The number of para-hydroxylation sites is 1. The van der Waals surface area contributed by atoms with Crippen LogP contribution >= 0.6 is 0 Å². The first-order valence-corrected chi connectivity index (χ1v) is 9.03. The molecule has 0 aromatic heterocycles. The average molecular weight is 374 g/mol.